The smallest absolute Gasteiger partial charge is 0.331 e. The van der Waals surface area contributed by atoms with Crippen molar-refractivity contribution in [3.05, 3.63) is 30.1 Å². The van der Waals surface area contributed by atoms with E-state index in [1.807, 2.05) is 0 Å². The summed E-state index contributed by atoms with van der Waals surface area (Å²) in [6.45, 7) is 1.46. The van der Waals surface area contributed by atoms with Crippen LogP contribution >= 0.6 is 0 Å². The van der Waals surface area contributed by atoms with E-state index < -0.39 is 17.3 Å². The molecule has 1 unspecified atom stereocenters. The van der Waals surface area contributed by atoms with Crippen LogP contribution in [0.4, 0.5) is 10.1 Å². The van der Waals surface area contributed by atoms with Crippen molar-refractivity contribution in [2.75, 3.05) is 25.7 Å². The molecule has 0 heterocycles. The molecule has 5 heteroatoms. The van der Waals surface area contributed by atoms with Gasteiger partial charge >= 0.3 is 5.97 Å². The van der Waals surface area contributed by atoms with Crippen molar-refractivity contribution in [2.45, 2.75) is 12.5 Å². The molecule has 0 saturated heterocycles. The first kappa shape index (κ1) is 13.4. The molecular weight excluding hydrogens is 225 g/mol. The van der Waals surface area contributed by atoms with Crippen molar-refractivity contribution in [3.63, 3.8) is 0 Å². The fourth-order valence-electron chi connectivity index (χ4n) is 1.57. The van der Waals surface area contributed by atoms with Crippen LogP contribution in [-0.4, -0.2) is 37.4 Å². The van der Waals surface area contributed by atoms with Crippen LogP contribution in [0.25, 0.3) is 0 Å². The van der Waals surface area contributed by atoms with Crippen LogP contribution in [-0.2, 0) is 9.53 Å². The minimum absolute atomic E-state index is 0.0346. The molecule has 0 radical (unpaired) electrons. The molecule has 0 saturated carbocycles. The molecule has 0 fully saturated rings. The van der Waals surface area contributed by atoms with Gasteiger partial charge in [0.25, 0.3) is 0 Å². The van der Waals surface area contributed by atoms with Crippen LogP contribution in [0.2, 0.25) is 0 Å². The highest BCUT2D eigenvalue weighted by Gasteiger charge is 2.38. The second-order valence-corrected chi connectivity index (χ2v) is 4.02. The molecule has 0 amide bonds. The number of carbonyl (C=O) groups is 1. The average Bonchev–Trinajstić information content (AvgIpc) is 2.28. The molecule has 0 aliphatic rings. The second kappa shape index (κ2) is 5.14. The Morgan fingerprint density at radius 3 is 2.59 bits per heavy atom. The normalized spacial score (nSPS) is 14.1. The fraction of sp³-hybridized carbons (Fsp3) is 0.417. The van der Waals surface area contributed by atoms with Crippen LogP contribution in [0.1, 0.15) is 6.92 Å². The van der Waals surface area contributed by atoms with Crippen LogP contribution in [0.15, 0.2) is 24.3 Å². The quantitative estimate of drug-likeness (QED) is 0.853. The number of carboxylic acids is 1. The topological polar surface area (TPSA) is 49.8 Å². The van der Waals surface area contributed by atoms with E-state index in [-0.39, 0.29) is 12.3 Å². The maximum atomic E-state index is 13.6. The van der Waals surface area contributed by atoms with Crippen LogP contribution in [0.5, 0.6) is 0 Å². The zero-order valence-electron chi connectivity index (χ0n) is 10.1. The zero-order valence-corrected chi connectivity index (χ0v) is 10.1. The summed E-state index contributed by atoms with van der Waals surface area (Å²) in [7, 11) is 2.95. The van der Waals surface area contributed by atoms with Crippen LogP contribution < -0.4 is 4.90 Å². The predicted molar refractivity (Wildman–Crippen MR) is 62.7 cm³/mol. The van der Waals surface area contributed by atoms with Crippen molar-refractivity contribution >= 4 is 11.7 Å². The summed E-state index contributed by atoms with van der Waals surface area (Å²) in [5.74, 6) is -1.52. The highest BCUT2D eigenvalue weighted by atomic mass is 19.1. The Morgan fingerprint density at radius 1 is 1.53 bits per heavy atom. The number of halogens is 1. The molecule has 17 heavy (non-hydrogen) atoms. The SMILES string of the molecule is COCC(C)(C(=O)O)N(C)c1ccccc1F. The van der Waals surface area contributed by atoms with Gasteiger partial charge in [-0.05, 0) is 19.1 Å². The number of likely N-dealkylation sites (N-methyl/N-ethyl adjacent to an activating group) is 1. The minimum Gasteiger partial charge on any atom is -0.479 e. The lowest BCUT2D eigenvalue weighted by molar-refractivity contribution is -0.144. The third-order valence-electron chi connectivity index (χ3n) is 2.84. The van der Waals surface area contributed by atoms with Gasteiger partial charge < -0.3 is 14.7 Å². The summed E-state index contributed by atoms with van der Waals surface area (Å²) in [6.07, 6.45) is 0. The van der Waals surface area contributed by atoms with Gasteiger partial charge in [0.05, 0.1) is 12.3 Å². The monoisotopic (exact) mass is 241 g/mol. The van der Waals surface area contributed by atoms with Crippen LogP contribution in [0.3, 0.4) is 0 Å². The van der Waals surface area contributed by atoms with Crippen LogP contribution in [0, 0.1) is 5.82 Å². The van der Waals surface area contributed by atoms with E-state index >= 15 is 0 Å². The van der Waals surface area contributed by atoms with Gasteiger partial charge in [-0.25, -0.2) is 9.18 Å². The molecule has 1 aromatic carbocycles. The van der Waals surface area contributed by atoms with Crippen molar-refractivity contribution in [3.8, 4) is 0 Å². The number of para-hydroxylation sites is 1. The largest absolute Gasteiger partial charge is 0.479 e. The van der Waals surface area contributed by atoms with E-state index in [9.17, 15) is 14.3 Å². The summed E-state index contributed by atoms with van der Waals surface area (Å²) in [4.78, 5) is 12.7. The van der Waals surface area contributed by atoms with Gasteiger partial charge in [0.15, 0.2) is 5.54 Å². The first-order valence-electron chi connectivity index (χ1n) is 5.14. The molecule has 0 aromatic heterocycles. The summed E-state index contributed by atoms with van der Waals surface area (Å²) >= 11 is 0. The number of benzene rings is 1. The summed E-state index contributed by atoms with van der Waals surface area (Å²) in [5.41, 5.74) is -1.08. The number of hydrogen-bond acceptors (Lipinski definition) is 3. The predicted octanol–water partition coefficient (Wildman–Crippen LogP) is 1.75. The Labute approximate surface area is 99.6 Å². The van der Waals surface area contributed by atoms with Gasteiger partial charge in [-0.2, -0.15) is 0 Å². The van der Waals surface area contributed by atoms with Crippen molar-refractivity contribution in [1.82, 2.24) is 0 Å². The number of carboxylic acid groups (broad SMARTS) is 1. The highest BCUT2D eigenvalue weighted by Crippen LogP contribution is 2.25. The summed E-state index contributed by atoms with van der Waals surface area (Å²) in [6, 6.07) is 6.04. The lowest BCUT2D eigenvalue weighted by atomic mass is 10.0. The molecule has 1 rings (SSSR count). The van der Waals surface area contributed by atoms with Crippen molar-refractivity contribution in [1.29, 1.82) is 0 Å². The Kier molecular flexibility index (Phi) is 4.07. The number of nitrogens with zero attached hydrogens (tertiary/aromatic N) is 1. The average molecular weight is 241 g/mol. The van der Waals surface area contributed by atoms with Gasteiger partial charge in [-0.3, -0.25) is 0 Å². The Hall–Kier alpha value is -1.62. The number of ether oxygens (including phenoxy) is 1. The Bertz CT molecular complexity index is 410. The Morgan fingerprint density at radius 2 is 2.12 bits per heavy atom. The Balaban J connectivity index is 3.13. The van der Waals surface area contributed by atoms with Gasteiger partial charge in [0, 0.05) is 14.2 Å². The van der Waals surface area contributed by atoms with Gasteiger partial charge in [0.2, 0.25) is 0 Å². The lowest BCUT2D eigenvalue weighted by Gasteiger charge is -2.36. The maximum Gasteiger partial charge on any atom is 0.331 e. The van der Waals surface area contributed by atoms with E-state index in [0.717, 1.165) is 0 Å². The third-order valence-corrected chi connectivity index (χ3v) is 2.84. The molecule has 4 nitrogen and oxygen atoms in total. The highest BCUT2D eigenvalue weighted by molar-refractivity contribution is 5.83. The number of rotatable bonds is 5. The molecule has 0 aliphatic heterocycles. The molecule has 0 bridgehead atoms. The fourth-order valence-corrected chi connectivity index (χ4v) is 1.57. The number of aliphatic carboxylic acids is 1. The first-order chi connectivity index (χ1) is 7.93. The van der Waals surface area contributed by atoms with Gasteiger partial charge in [-0.1, -0.05) is 12.1 Å². The number of methoxy groups -OCH3 is 1. The van der Waals surface area contributed by atoms with E-state index in [0.29, 0.717) is 0 Å². The zero-order chi connectivity index (χ0) is 13.1. The summed E-state index contributed by atoms with van der Waals surface area (Å²) in [5, 5.41) is 9.24. The minimum atomic E-state index is -1.31. The molecular formula is C12H16FNO3. The standard InChI is InChI=1S/C12H16FNO3/c1-12(8-17-3,11(15)16)14(2)10-7-5-4-6-9(10)13/h4-7H,8H2,1-3H3,(H,15,16). The number of hydrogen-bond donors (Lipinski definition) is 1. The molecule has 94 valence electrons. The van der Waals surface area contributed by atoms with Gasteiger partial charge in [0.1, 0.15) is 5.82 Å². The van der Waals surface area contributed by atoms with Crippen molar-refractivity contribution in [2.24, 2.45) is 0 Å². The maximum absolute atomic E-state index is 13.6. The van der Waals surface area contributed by atoms with E-state index in [4.69, 9.17) is 4.74 Å². The molecule has 0 spiro atoms. The van der Waals surface area contributed by atoms with E-state index in [1.165, 1.54) is 38.1 Å². The molecule has 1 N–H and O–H groups in total. The molecule has 1 atom stereocenters. The lowest BCUT2D eigenvalue weighted by Crippen LogP contribution is -2.54. The van der Waals surface area contributed by atoms with Gasteiger partial charge in [-0.15, -0.1) is 0 Å². The summed E-state index contributed by atoms with van der Waals surface area (Å²) < 4.78 is 18.5. The first-order valence-corrected chi connectivity index (χ1v) is 5.14. The molecule has 1 aromatic rings. The third kappa shape index (κ3) is 2.55. The second-order valence-electron chi connectivity index (χ2n) is 4.02. The molecule has 0 aliphatic carbocycles. The number of anilines is 1. The van der Waals surface area contributed by atoms with E-state index in [2.05, 4.69) is 0 Å². The van der Waals surface area contributed by atoms with E-state index in [1.54, 1.807) is 12.1 Å². The van der Waals surface area contributed by atoms with Crippen molar-refractivity contribution < 1.29 is 19.0 Å².